The summed E-state index contributed by atoms with van der Waals surface area (Å²) in [5, 5.41) is 2.52. The first kappa shape index (κ1) is 20.2. The number of benzene rings is 2. The fraction of sp³-hybridized carbons (Fsp3) is 0.238. The van der Waals surface area contributed by atoms with E-state index in [0.29, 0.717) is 16.8 Å². The van der Waals surface area contributed by atoms with Gasteiger partial charge < -0.3 is 10.1 Å². The number of ether oxygens (including phenoxy) is 1. The molecule has 8 heteroatoms. The predicted octanol–water partition coefficient (Wildman–Crippen LogP) is 2.77. The average Bonchev–Trinajstić information content (AvgIpc) is 2.95. The van der Waals surface area contributed by atoms with Crippen LogP contribution in [0.3, 0.4) is 0 Å². The molecule has 3 amide bonds. The maximum Gasteiger partial charge on any atom is 0.306 e. The number of carbonyl (C=O) groups is 4. The lowest BCUT2D eigenvalue weighted by molar-refractivity contribution is -0.153. The van der Waals surface area contributed by atoms with Gasteiger partial charge in [0.25, 0.3) is 17.7 Å². The third-order valence-electron chi connectivity index (χ3n) is 4.43. The fourth-order valence-corrected chi connectivity index (χ4v) is 2.91. The van der Waals surface area contributed by atoms with Gasteiger partial charge in [-0.1, -0.05) is 12.1 Å². The van der Waals surface area contributed by atoms with Crippen LogP contribution in [0.4, 0.5) is 10.1 Å². The van der Waals surface area contributed by atoms with Crippen molar-refractivity contribution in [1.29, 1.82) is 0 Å². The molecule has 2 aromatic rings. The molecule has 0 fully saturated rings. The van der Waals surface area contributed by atoms with Gasteiger partial charge >= 0.3 is 5.97 Å². The molecule has 1 heterocycles. The molecule has 7 nitrogen and oxygen atoms in total. The highest BCUT2D eigenvalue weighted by molar-refractivity contribution is 6.21. The number of amides is 3. The van der Waals surface area contributed by atoms with Gasteiger partial charge in [-0.3, -0.25) is 24.1 Å². The normalized spacial score (nSPS) is 13.8. The van der Waals surface area contributed by atoms with Crippen molar-refractivity contribution in [3.05, 3.63) is 65.5 Å². The topological polar surface area (TPSA) is 92.8 Å². The SMILES string of the molecule is C[C@H](OC(=O)CCCN1C(=O)c2ccccc2C1=O)C(=O)Nc1ccc(F)cc1. The number of anilines is 1. The van der Waals surface area contributed by atoms with E-state index < -0.39 is 23.8 Å². The molecule has 150 valence electrons. The summed E-state index contributed by atoms with van der Waals surface area (Å²) in [5.74, 6) is -2.37. The van der Waals surface area contributed by atoms with Gasteiger partial charge in [0.2, 0.25) is 0 Å². The lowest BCUT2D eigenvalue weighted by Gasteiger charge is -2.15. The van der Waals surface area contributed by atoms with Crippen molar-refractivity contribution in [3.8, 4) is 0 Å². The second-order valence-electron chi connectivity index (χ2n) is 6.54. The number of fused-ring (bicyclic) bond motifs is 1. The van der Waals surface area contributed by atoms with Crippen LogP contribution in [0.25, 0.3) is 0 Å². The number of rotatable bonds is 7. The highest BCUT2D eigenvalue weighted by Gasteiger charge is 2.34. The van der Waals surface area contributed by atoms with Crippen LogP contribution in [0.5, 0.6) is 0 Å². The van der Waals surface area contributed by atoms with Gasteiger partial charge in [0.1, 0.15) is 5.82 Å². The van der Waals surface area contributed by atoms with Gasteiger partial charge in [-0.15, -0.1) is 0 Å². The molecule has 1 aliphatic rings. The maximum atomic E-state index is 12.9. The zero-order valence-corrected chi connectivity index (χ0v) is 15.7. The molecule has 3 rings (SSSR count). The lowest BCUT2D eigenvalue weighted by Crippen LogP contribution is -2.32. The van der Waals surface area contributed by atoms with Crippen molar-refractivity contribution in [3.63, 3.8) is 0 Å². The number of hydrogen-bond donors (Lipinski definition) is 1. The molecule has 29 heavy (non-hydrogen) atoms. The summed E-state index contributed by atoms with van der Waals surface area (Å²) in [6.45, 7) is 1.50. The number of halogens is 1. The van der Waals surface area contributed by atoms with Crippen molar-refractivity contribution in [2.75, 3.05) is 11.9 Å². The average molecular weight is 398 g/mol. The quantitative estimate of drug-likeness (QED) is 0.572. The zero-order valence-electron chi connectivity index (χ0n) is 15.7. The van der Waals surface area contributed by atoms with E-state index in [0.717, 1.165) is 4.90 Å². The zero-order chi connectivity index (χ0) is 21.0. The molecule has 2 aromatic carbocycles. The van der Waals surface area contributed by atoms with E-state index in [1.54, 1.807) is 24.3 Å². The van der Waals surface area contributed by atoms with Gasteiger partial charge in [-0.25, -0.2) is 4.39 Å². The van der Waals surface area contributed by atoms with Crippen LogP contribution in [0.1, 0.15) is 40.5 Å². The highest BCUT2D eigenvalue weighted by Crippen LogP contribution is 2.22. The molecule has 0 aliphatic carbocycles. The van der Waals surface area contributed by atoms with Crippen LogP contribution in [0, 0.1) is 5.82 Å². The maximum absolute atomic E-state index is 12.9. The van der Waals surface area contributed by atoms with Crippen molar-refractivity contribution in [2.45, 2.75) is 25.9 Å². The first-order valence-corrected chi connectivity index (χ1v) is 9.08. The fourth-order valence-electron chi connectivity index (χ4n) is 2.91. The van der Waals surface area contributed by atoms with Gasteiger partial charge in [0, 0.05) is 18.7 Å². The minimum absolute atomic E-state index is 0.0540. The largest absolute Gasteiger partial charge is 0.453 e. The smallest absolute Gasteiger partial charge is 0.306 e. The predicted molar refractivity (Wildman–Crippen MR) is 102 cm³/mol. The monoisotopic (exact) mass is 398 g/mol. The molecule has 0 bridgehead atoms. The molecule has 1 atom stereocenters. The van der Waals surface area contributed by atoms with Crippen LogP contribution in [0.15, 0.2) is 48.5 Å². The molecule has 0 saturated carbocycles. The summed E-state index contributed by atoms with van der Waals surface area (Å²) < 4.78 is 18.0. The molecule has 1 aliphatic heterocycles. The van der Waals surface area contributed by atoms with Gasteiger partial charge in [-0.2, -0.15) is 0 Å². The van der Waals surface area contributed by atoms with Gasteiger partial charge in [-0.05, 0) is 49.7 Å². The molecule has 0 radical (unpaired) electrons. The van der Waals surface area contributed by atoms with E-state index in [-0.39, 0.29) is 31.2 Å². The number of imide groups is 1. The number of nitrogens with one attached hydrogen (secondary N) is 1. The summed E-state index contributed by atoms with van der Waals surface area (Å²) in [6, 6.07) is 11.7. The summed E-state index contributed by atoms with van der Waals surface area (Å²) in [6.07, 6.45) is -0.884. The number of carbonyl (C=O) groups excluding carboxylic acids is 4. The minimum Gasteiger partial charge on any atom is -0.453 e. The van der Waals surface area contributed by atoms with Crippen molar-refractivity contribution < 1.29 is 28.3 Å². The molecular formula is C21H19FN2O5. The van der Waals surface area contributed by atoms with E-state index in [9.17, 15) is 23.6 Å². The second-order valence-corrected chi connectivity index (χ2v) is 6.54. The molecule has 0 aromatic heterocycles. The Kier molecular flexibility index (Phi) is 6.01. The van der Waals surface area contributed by atoms with Crippen LogP contribution < -0.4 is 5.32 Å². The van der Waals surface area contributed by atoms with Crippen molar-refractivity contribution >= 4 is 29.4 Å². The molecule has 1 N–H and O–H groups in total. The first-order valence-electron chi connectivity index (χ1n) is 9.08. The Bertz CT molecular complexity index is 923. The third-order valence-corrected chi connectivity index (χ3v) is 4.43. The Labute approximate surface area is 166 Å². The Morgan fingerprint density at radius 2 is 1.62 bits per heavy atom. The minimum atomic E-state index is -1.05. The molecule has 0 unspecified atom stereocenters. The van der Waals surface area contributed by atoms with Crippen molar-refractivity contribution in [1.82, 2.24) is 4.90 Å². The second kappa shape index (κ2) is 8.64. The Hall–Kier alpha value is -3.55. The van der Waals surface area contributed by atoms with Crippen LogP contribution in [-0.2, 0) is 14.3 Å². The molecule has 0 spiro atoms. The molecule has 0 saturated heterocycles. The Morgan fingerprint density at radius 1 is 1.03 bits per heavy atom. The van der Waals surface area contributed by atoms with Crippen LogP contribution in [-0.4, -0.2) is 41.2 Å². The van der Waals surface area contributed by atoms with E-state index >= 15 is 0 Å². The Morgan fingerprint density at radius 3 is 2.21 bits per heavy atom. The standard InChI is InChI=1S/C21H19FN2O5/c1-13(19(26)23-15-10-8-14(22)9-11-15)29-18(25)7-4-12-24-20(27)16-5-2-3-6-17(16)21(24)28/h2-3,5-6,8-11,13H,4,7,12H2,1H3,(H,23,26)/t13-/m0/s1. The number of esters is 1. The summed E-state index contributed by atoms with van der Waals surface area (Å²) in [7, 11) is 0. The van der Waals surface area contributed by atoms with E-state index in [1.165, 1.54) is 31.2 Å². The third kappa shape index (κ3) is 4.66. The van der Waals surface area contributed by atoms with E-state index in [2.05, 4.69) is 5.32 Å². The van der Waals surface area contributed by atoms with Crippen LogP contribution >= 0.6 is 0 Å². The number of hydrogen-bond acceptors (Lipinski definition) is 5. The Balaban J connectivity index is 1.44. The van der Waals surface area contributed by atoms with Gasteiger partial charge in [0.05, 0.1) is 11.1 Å². The number of nitrogens with zero attached hydrogens (tertiary/aromatic N) is 1. The van der Waals surface area contributed by atoms with E-state index in [1.807, 2.05) is 0 Å². The van der Waals surface area contributed by atoms with Crippen LogP contribution in [0.2, 0.25) is 0 Å². The highest BCUT2D eigenvalue weighted by atomic mass is 19.1. The summed E-state index contributed by atoms with van der Waals surface area (Å²) >= 11 is 0. The van der Waals surface area contributed by atoms with E-state index in [4.69, 9.17) is 4.74 Å². The van der Waals surface area contributed by atoms with Crippen molar-refractivity contribution in [2.24, 2.45) is 0 Å². The first-order chi connectivity index (χ1) is 13.9. The van der Waals surface area contributed by atoms with Gasteiger partial charge in [0.15, 0.2) is 6.10 Å². The molecular weight excluding hydrogens is 379 g/mol. The summed E-state index contributed by atoms with van der Waals surface area (Å²) in [5.41, 5.74) is 1.09. The summed E-state index contributed by atoms with van der Waals surface area (Å²) in [4.78, 5) is 49.6. The lowest BCUT2D eigenvalue weighted by atomic mass is 10.1.